The molecule has 0 aliphatic rings. The number of amides is 3. The van der Waals surface area contributed by atoms with E-state index in [2.05, 4.69) is 10.7 Å². The number of para-hydroxylation sites is 1. The fraction of sp³-hybridized carbons (Fsp3) is 0.267. The number of hydrazine groups is 1. The predicted octanol–water partition coefficient (Wildman–Crippen LogP) is 0.380. The molecular formula is C15H19N3O4. The Bertz CT molecular complexity index is 582. The summed E-state index contributed by atoms with van der Waals surface area (Å²) < 4.78 is 5.14. The summed E-state index contributed by atoms with van der Waals surface area (Å²) in [7, 11) is 1.53. The van der Waals surface area contributed by atoms with Gasteiger partial charge in [-0.15, -0.1) is 0 Å². The standard InChI is InChI=1S/C15H19N3O4/c1-10(2)16-14(20)15(21)18-17-13(19)9-8-11-6-4-5-7-12(11)22-3/h4-10H,1-3H3,(H,16,20)(H,17,19)(H,18,21)/b9-8+. The molecule has 3 N–H and O–H groups in total. The first-order valence-electron chi connectivity index (χ1n) is 6.66. The van der Waals surface area contributed by atoms with Gasteiger partial charge in [-0.1, -0.05) is 18.2 Å². The first-order valence-corrected chi connectivity index (χ1v) is 6.66. The Hall–Kier alpha value is -2.83. The summed E-state index contributed by atoms with van der Waals surface area (Å²) in [6.45, 7) is 3.44. The number of carbonyl (C=O) groups is 3. The van der Waals surface area contributed by atoms with Gasteiger partial charge in [0.1, 0.15) is 5.75 Å². The molecule has 0 aliphatic carbocycles. The van der Waals surface area contributed by atoms with Crippen molar-refractivity contribution >= 4 is 23.8 Å². The van der Waals surface area contributed by atoms with Crippen molar-refractivity contribution in [1.29, 1.82) is 0 Å². The Morgan fingerprint density at radius 2 is 1.77 bits per heavy atom. The highest BCUT2D eigenvalue weighted by Gasteiger charge is 2.14. The van der Waals surface area contributed by atoms with Gasteiger partial charge in [-0.05, 0) is 26.0 Å². The highest BCUT2D eigenvalue weighted by Crippen LogP contribution is 2.18. The minimum absolute atomic E-state index is 0.167. The number of rotatable bonds is 4. The number of hydrogen-bond acceptors (Lipinski definition) is 4. The molecule has 0 fully saturated rings. The molecule has 0 bridgehead atoms. The zero-order valence-corrected chi connectivity index (χ0v) is 12.7. The molecule has 0 heterocycles. The van der Waals surface area contributed by atoms with E-state index in [-0.39, 0.29) is 6.04 Å². The largest absolute Gasteiger partial charge is 0.496 e. The Balaban J connectivity index is 2.51. The molecule has 0 unspecified atom stereocenters. The molecule has 0 aliphatic heterocycles. The molecule has 0 saturated heterocycles. The van der Waals surface area contributed by atoms with Crippen molar-refractivity contribution in [1.82, 2.24) is 16.2 Å². The minimum Gasteiger partial charge on any atom is -0.496 e. The number of methoxy groups -OCH3 is 1. The molecule has 0 radical (unpaired) electrons. The molecule has 1 aromatic carbocycles. The topological polar surface area (TPSA) is 96.5 Å². The van der Waals surface area contributed by atoms with Crippen molar-refractivity contribution in [3.05, 3.63) is 35.9 Å². The van der Waals surface area contributed by atoms with E-state index in [1.165, 1.54) is 19.3 Å². The van der Waals surface area contributed by atoms with Gasteiger partial charge in [-0.25, -0.2) is 0 Å². The third-order valence-electron chi connectivity index (χ3n) is 2.48. The van der Waals surface area contributed by atoms with Crippen LogP contribution in [0.1, 0.15) is 19.4 Å². The molecule has 1 rings (SSSR count). The third-order valence-corrected chi connectivity index (χ3v) is 2.48. The zero-order valence-electron chi connectivity index (χ0n) is 12.7. The van der Waals surface area contributed by atoms with Gasteiger partial charge in [0.2, 0.25) is 0 Å². The average Bonchev–Trinajstić information content (AvgIpc) is 2.50. The van der Waals surface area contributed by atoms with E-state index < -0.39 is 17.7 Å². The van der Waals surface area contributed by atoms with E-state index in [1.54, 1.807) is 32.0 Å². The Labute approximate surface area is 128 Å². The maximum atomic E-state index is 11.6. The van der Waals surface area contributed by atoms with Gasteiger partial charge in [-0.2, -0.15) is 0 Å². The third kappa shape index (κ3) is 5.66. The Kier molecular flexibility index (Phi) is 6.62. The number of benzene rings is 1. The smallest absolute Gasteiger partial charge is 0.327 e. The second-order valence-electron chi connectivity index (χ2n) is 4.65. The van der Waals surface area contributed by atoms with Crippen LogP contribution in [-0.2, 0) is 14.4 Å². The molecule has 7 nitrogen and oxygen atoms in total. The van der Waals surface area contributed by atoms with Crippen molar-refractivity contribution in [3.8, 4) is 5.75 Å². The lowest BCUT2D eigenvalue weighted by molar-refractivity contribution is -0.140. The zero-order chi connectivity index (χ0) is 16.5. The fourth-order valence-corrected chi connectivity index (χ4v) is 1.51. The van der Waals surface area contributed by atoms with Crippen LogP contribution in [0.4, 0.5) is 0 Å². The van der Waals surface area contributed by atoms with E-state index >= 15 is 0 Å². The van der Waals surface area contributed by atoms with Crippen LogP contribution >= 0.6 is 0 Å². The second-order valence-corrected chi connectivity index (χ2v) is 4.65. The van der Waals surface area contributed by atoms with Gasteiger partial charge >= 0.3 is 11.8 Å². The van der Waals surface area contributed by atoms with Gasteiger partial charge in [0.25, 0.3) is 5.91 Å². The summed E-state index contributed by atoms with van der Waals surface area (Å²) in [4.78, 5) is 34.3. The van der Waals surface area contributed by atoms with Crippen molar-refractivity contribution < 1.29 is 19.1 Å². The van der Waals surface area contributed by atoms with Crippen LogP contribution in [-0.4, -0.2) is 30.9 Å². The molecule has 1 aromatic rings. The van der Waals surface area contributed by atoms with E-state index in [0.717, 1.165) is 0 Å². The van der Waals surface area contributed by atoms with Crippen molar-refractivity contribution in [2.24, 2.45) is 0 Å². The predicted molar refractivity (Wildman–Crippen MR) is 81.6 cm³/mol. The number of ether oxygens (including phenoxy) is 1. The van der Waals surface area contributed by atoms with Crippen LogP contribution in [0.3, 0.4) is 0 Å². The van der Waals surface area contributed by atoms with Crippen LogP contribution in [0, 0.1) is 0 Å². The van der Waals surface area contributed by atoms with E-state index in [4.69, 9.17) is 4.74 Å². The van der Waals surface area contributed by atoms with Crippen LogP contribution < -0.4 is 20.9 Å². The highest BCUT2D eigenvalue weighted by atomic mass is 16.5. The lowest BCUT2D eigenvalue weighted by Crippen LogP contribution is -2.49. The van der Waals surface area contributed by atoms with Gasteiger partial charge in [-0.3, -0.25) is 25.2 Å². The summed E-state index contributed by atoms with van der Waals surface area (Å²) in [5, 5.41) is 2.40. The van der Waals surface area contributed by atoms with Crippen LogP contribution in [0.15, 0.2) is 30.3 Å². The van der Waals surface area contributed by atoms with E-state index in [1.807, 2.05) is 11.5 Å². The van der Waals surface area contributed by atoms with Gasteiger partial charge in [0.05, 0.1) is 7.11 Å². The minimum atomic E-state index is -0.937. The number of nitrogens with one attached hydrogen (secondary N) is 3. The Morgan fingerprint density at radius 3 is 2.41 bits per heavy atom. The summed E-state index contributed by atoms with van der Waals surface area (Å²) in [5.74, 6) is -1.71. The molecule has 118 valence electrons. The number of hydrogen-bond donors (Lipinski definition) is 3. The lowest BCUT2D eigenvalue weighted by atomic mass is 10.2. The molecule has 7 heteroatoms. The molecule has 0 spiro atoms. The van der Waals surface area contributed by atoms with Gasteiger partial charge in [0.15, 0.2) is 0 Å². The summed E-state index contributed by atoms with van der Waals surface area (Å²) in [5.41, 5.74) is 4.85. The molecule has 0 saturated carbocycles. The van der Waals surface area contributed by atoms with Crippen molar-refractivity contribution in [2.75, 3.05) is 7.11 Å². The summed E-state index contributed by atoms with van der Waals surface area (Å²) >= 11 is 0. The Morgan fingerprint density at radius 1 is 1.09 bits per heavy atom. The SMILES string of the molecule is COc1ccccc1/C=C/C(=O)NNC(=O)C(=O)NC(C)C. The van der Waals surface area contributed by atoms with E-state index in [9.17, 15) is 14.4 Å². The van der Waals surface area contributed by atoms with Crippen molar-refractivity contribution in [3.63, 3.8) is 0 Å². The summed E-state index contributed by atoms with van der Waals surface area (Å²) in [6.07, 6.45) is 2.76. The molecule has 22 heavy (non-hydrogen) atoms. The van der Waals surface area contributed by atoms with E-state index in [0.29, 0.717) is 11.3 Å². The van der Waals surface area contributed by atoms with Gasteiger partial charge < -0.3 is 10.1 Å². The highest BCUT2D eigenvalue weighted by molar-refractivity contribution is 6.35. The van der Waals surface area contributed by atoms with Crippen LogP contribution in [0.5, 0.6) is 5.75 Å². The quantitative estimate of drug-likeness (QED) is 0.426. The maximum absolute atomic E-state index is 11.6. The molecule has 0 aromatic heterocycles. The second kappa shape index (κ2) is 8.46. The van der Waals surface area contributed by atoms with Crippen LogP contribution in [0.2, 0.25) is 0 Å². The van der Waals surface area contributed by atoms with Crippen molar-refractivity contribution in [2.45, 2.75) is 19.9 Å². The maximum Gasteiger partial charge on any atom is 0.327 e. The number of carbonyl (C=O) groups excluding carboxylic acids is 3. The first-order chi connectivity index (χ1) is 10.4. The van der Waals surface area contributed by atoms with Crippen LogP contribution in [0.25, 0.3) is 6.08 Å². The average molecular weight is 305 g/mol. The molecule has 3 amide bonds. The van der Waals surface area contributed by atoms with Gasteiger partial charge in [0, 0.05) is 17.7 Å². The molecular weight excluding hydrogens is 286 g/mol. The normalized spacial score (nSPS) is 10.4. The monoisotopic (exact) mass is 305 g/mol. The summed E-state index contributed by atoms with van der Waals surface area (Å²) in [6, 6.07) is 6.98. The fourth-order valence-electron chi connectivity index (χ4n) is 1.51. The first kappa shape index (κ1) is 17.2. The lowest BCUT2D eigenvalue weighted by Gasteiger charge is -2.08. The molecule has 0 atom stereocenters.